The van der Waals surface area contributed by atoms with Crippen molar-refractivity contribution in [3.05, 3.63) is 60.2 Å². The molecular weight excluding hydrogens is 420 g/mol. The molecule has 0 radical (unpaired) electrons. The summed E-state index contributed by atoms with van der Waals surface area (Å²) in [5.74, 6) is 0.293. The van der Waals surface area contributed by atoms with Gasteiger partial charge in [-0.05, 0) is 79.0 Å². The van der Waals surface area contributed by atoms with E-state index in [-0.39, 0.29) is 17.8 Å². The third-order valence-corrected chi connectivity index (χ3v) is 6.88. The number of ether oxygens (including phenoxy) is 1. The first kappa shape index (κ1) is 22.2. The van der Waals surface area contributed by atoms with E-state index in [0.717, 1.165) is 52.9 Å². The molecule has 0 unspecified atom stereocenters. The van der Waals surface area contributed by atoms with E-state index in [4.69, 9.17) is 4.74 Å². The topological polar surface area (TPSA) is 68.3 Å². The zero-order valence-corrected chi connectivity index (χ0v) is 19.1. The molecule has 166 valence electrons. The van der Waals surface area contributed by atoms with Crippen LogP contribution in [0.4, 0.5) is 5.00 Å². The Bertz CT molecular complexity index is 1040. The van der Waals surface area contributed by atoms with E-state index < -0.39 is 0 Å². The summed E-state index contributed by atoms with van der Waals surface area (Å²) in [6.07, 6.45) is 7.52. The summed E-state index contributed by atoms with van der Waals surface area (Å²) >= 11 is 1.54. The molecule has 1 fully saturated rings. The number of nitrogens with zero attached hydrogens (tertiary/aromatic N) is 1. The number of rotatable bonds is 7. The number of aromatic nitrogens is 1. The molecule has 32 heavy (non-hydrogen) atoms. The number of nitrogens with one attached hydrogen (secondary N) is 1. The molecule has 1 amide bonds. The summed E-state index contributed by atoms with van der Waals surface area (Å²) in [7, 11) is 0. The highest BCUT2D eigenvalue weighted by molar-refractivity contribution is 7.14. The molecule has 0 bridgehead atoms. The molecule has 1 saturated carbocycles. The zero-order chi connectivity index (χ0) is 22.3. The highest BCUT2D eigenvalue weighted by Gasteiger charge is 2.28. The lowest BCUT2D eigenvalue weighted by molar-refractivity contribution is -0.149. The van der Waals surface area contributed by atoms with E-state index in [9.17, 15) is 9.59 Å². The van der Waals surface area contributed by atoms with Crippen molar-refractivity contribution < 1.29 is 14.3 Å². The molecule has 2 aromatic heterocycles. The Kier molecular flexibility index (Phi) is 7.32. The summed E-state index contributed by atoms with van der Waals surface area (Å²) in [6.45, 7) is 2.26. The van der Waals surface area contributed by atoms with Crippen LogP contribution in [-0.2, 0) is 14.3 Å². The van der Waals surface area contributed by atoms with Crippen molar-refractivity contribution in [2.24, 2.45) is 11.8 Å². The van der Waals surface area contributed by atoms with E-state index in [1.54, 1.807) is 23.7 Å². The van der Waals surface area contributed by atoms with Crippen molar-refractivity contribution in [2.45, 2.75) is 39.0 Å². The number of hydrogen-bond donors (Lipinski definition) is 1. The van der Waals surface area contributed by atoms with Gasteiger partial charge in [0, 0.05) is 24.2 Å². The number of thiophene rings is 1. The lowest BCUT2D eigenvalue weighted by Crippen LogP contribution is -2.26. The van der Waals surface area contributed by atoms with Crippen molar-refractivity contribution in [1.82, 2.24) is 4.98 Å². The van der Waals surface area contributed by atoms with Gasteiger partial charge in [-0.2, -0.15) is 0 Å². The molecule has 2 heterocycles. The Hall–Kier alpha value is -2.99. The summed E-state index contributed by atoms with van der Waals surface area (Å²) in [5, 5.41) is 5.99. The van der Waals surface area contributed by atoms with E-state index in [1.807, 2.05) is 25.1 Å². The Labute approximate surface area is 192 Å². The maximum atomic E-state index is 12.5. The van der Waals surface area contributed by atoms with Crippen LogP contribution in [-0.4, -0.2) is 23.5 Å². The van der Waals surface area contributed by atoms with Crippen molar-refractivity contribution in [3.8, 4) is 22.3 Å². The first-order valence-corrected chi connectivity index (χ1v) is 12.1. The van der Waals surface area contributed by atoms with Gasteiger partial charge < -0.3 is 10.1 Å². The summed E-state index contributed by atoms with van der Waals surface area (Å²) < 4.78 is 5.13. The van der Waals surface area contributed by atoms with Gasteiger partial charge in [0.2, 0.25) is 5.91 Å². The van der Waals surface area contributed by atoms with Crippen LogP contribution in [0, 0.1) is 11.8 Å². The van der Waals surface area contributed by atoms with Gasteiger partial charge in [-0.1, -0.05) is 24.3 Å². The second-order valence-corrected chi connectivity index (χ2v) is 9.15. The number of carbonyl (C=O) groups is 2. The van der Waals surface area contributed by atoms with E-state index >= 15 is 0 Å². The van der Waals surface area contributed by atoms with Crippen LogP contribution in [0.3, 0.4) is 0 Å². The SMILES string of the molecule is CCOC(=O)C1CCC(CC(=O)Nc2cc(-c3ccc(-c4ccncc4)cc3)cs2)CC1. The summed E-state index contributed by atoms with van der Waals surface area (Å²) in [6, 6.07) is 14.4. The number of esters is 1. The van der Waals surface area contributed by atoms with E-state index in [0.29, 0.717) is 18.9 Å². The number of pyridine rings is 1. The molecule has 1 aromatic carbocycles. The average Bonchev–Trinajstić information content (AvgIpc) is 3.28. The largest absolute Gasteiger partial charge is 0.466 e. The van der Waals surface area contributed by atoms with Crippen LogP contribution < -0.4 is 5.32 Å². The normalized spacial score (nSPS) is 18.2. The maximum Gasteiger partial charge on any atom is 0.308 e. The van der Waals surface area contributed by atoms with Gasteiger partial charge >= 0.3 is 5.97 Å². The van der Waals surface area contributed by atoms with Gasteiger partial charge in [-0.3, -0.25) is 14.6 Å². The molecule has 0 atom stereocenters. The molecule has 1 N–H and O–H groups in total. The second kappa shape index (κ2) is 10.6. The molecule has 4 rings (SSSR count). The molecule has 0 spiro atoms. The molecule has 0 aliphatic heterocycles. The zero-order valence-electron chi connectivity index (χ0n) is 18.3. The summed E-state index contributed by atoms with van der Waals surface area (Å²) in [5.41, 5.74) is 4.51. The fourth-order valence-corrected chi connectivity index (χ4v) is 5.09. The predicted octanol–water partition coefficient (Wildman–Crippen LogP) is 6.18. The van der Waals surface area contributed by atoms with Gasteiger partial charge in [0.05, 0.1) is 17.5 Å². The number of anilines is 1. The predicted molar refractivity (Wildman–Crippen MR) is 128 cm³/mol. The van der Waals surface area contributed by atoms with Crippen LogP contribution >= 0.6 is 11.3 Å². The highest BCUT2D eigenvalue weighted by Crippen LogP contribution is 2.33. The van der Waals surface area contributed by atoms with Crippen LogP contribution in [0.15, 0.2) is 60.2 Å². The fourth-order valence-electron chi connectivity index (χ4n) is 4.27. The summed E-state index contributed by atoms with van der Waals surface area (Å²) in [4.78, 5) is 28.5. The maximum absolute atomic E-state index is 12.5. The lowest BCUT2D eigenvalue weighted by atomic mass is 9.80. The molecule has 1 aliphatic carbocycles. The van der Waals surface area contributed by atoms with Crippen molar-refractivity contribution in [1.29, 1.82) is 0 Å². The average molecular weight is 449 g/mol. The molecule has 3 aromatic rings. The minimum atomic E-state index is -0.0877. The molecular formula is C26H28N2O3S. The fraction of sp³-hybridized carbons (Fsp3) is 0.346. The second-order valence-electron chi connectivity index (χ2n) is 8.23. The van der Waals surface area contributed by atoms with Crippen LogP contribution in [0.5, 0.6) is 0 Å². The van der Waals surface area contributed by atoms with Crippen molar-refractivity contribution >= 4 is 28.2 Å². The molecule has 6 heteroatoms. The van der Waals surface area contributed by atoms with Gasteiger partial charge in [0.1, 0.15) is 0 Å². The number of benzene rings is 1. The lowest BCUT2D eigenvalue weighted by Gasteiger charge is -2.26. The van der Waals surface area contributed by atoms with Crippen LogP contribution in [0.1, 0.15) is 39.0 Å². The Balaban J connectivity index is 1.29. The molecule has 1 aliphatic rings. The van der Waals surface area contributed by atoms with Gasteiger partial charge in [0.15, 0.2) is 0 Å². The van der Waals surface area contributed by atoms with Crippen LogP contribution in [0.2, 0.25) is 0 Å². The minimum absolute atomic E-state index is 0.000869. The first-order valence-electron chi connectivity index (χ1n) is 11.2. The smallest absolute Gasteiger partial charge is 0.308 e. The molecule has 5 nitrogen and oxygen atoms in total. The van der Waals surface area contributed by atoms with Crippen LogP contribution in [0.25, 0.3) is 22.3 Å². The Morgan fingerprint density at radius 3 is 2.25 bits per heavy atom. The third kappa shape index (κ3) is 5.62. The van der Waals surface area contributed by atoms with E-state index in [2.05, 4.69) is 39.9 Å². The standard InChI is InChI=1S/C26H28N2O3S/c1-2-31-26(30)22-5-3-18(4-6-22)15-24(29)28-25-16-23(17-32-25)20-9-7-19(8-10-20)21-11-13-27-14-12-21/h7-14,16-18,22H,2-6,15H2,1H3,(H,28,29). The first-order chi connectivity index (χ1) is 15.6. The number of amides is 1. The van der Waals surface area contributed by atoms with Gasteiger partial charge in [-0.25, -0.2) is 0 Å². The molecule has 0 saturated heterocycles. The highest BCUT2D eigenvalue weighted by atomic mass is 32.1. The number of carbonyl (C=O) groups excluding carboxylic acids is 2. The monoisotopic (exact) mass is 448 g/mol. The quantitative estimate of drug-likeness (QED) is 0.439. The van der Waals surface area contributed by atoms with Gasteiger partial charge in [0.25, 0.3) is 0 Å². The number of hydrogen-bond acceptors (Lipinski definition) is 5. The van der Waals surface area contributed by atoms with Gasteiger partial charge in [-0.15, -0.1) is 11.3 Å². The Morgan fingerprint density at radius 1 is 0.969 bits per heavy atom. The minimum Gasteiger partial charge on any atom is -0.466 e. The Morgan fingerprint density at radius 2 is 1.59 bits per heavy atom. The van der Waals surface area contributed by atoms with Crippen molar-refractivity contribution in [3.63, 3.8) is 0 Å². The van der Waals surface area contributed by atoms with Crippen molar-refractivity contribution in [2.75, 3.05) is 11.9 Å². The van der Waals surface area contributed by atoms with E-state index in [1.165, 1.54) is 0 Å². The third-order valence-electron chi connectivity index (χ3n) is 6.03.